The molecule has 0 N–H and O–H groups in total. The third kappa shape index (κ3) is 26.4. The van der Waals surface area contributed by atoms with E-state index in [1.807, 2.05) is 52.8 Å². The summed E-state index contributed by atoms with van der Waals surface area (Å²) < 4.78 is 0. The molecule has 0 spiro atoms. The van der Waals surface area contributed by atoms with E-state index in [-0.39, 0.29) is 0 Å². The molecule has 1 aromatic rings. The highest BCUT2D eigenvalue weighted by atomic mass is 14.2. The predicted molar refractivity (Wildman–Crippen MR) is 200 cm³/mol. The number of benzene rings is 1. The highest BCUT2D eigenvalue weighted by Crippen LogP contribution is 2.26. The van der Waals surface area contributed by atoms with Crippen LogP contribution in [-0.2, 0) is 19.3 Å². The summed E-state index contributed by atoms with van der Waals surface area (Å²) in [4.78, 5) is 0. The molecule has 0 unspecified atom stereocenters. The molecule has 0 aromatic heterocycles. The average Bonchev–Trinajstić information content (AvgIpc) is 2.98. The van der Waals surface area contributed by atoms with Gasteiger partial charge in [-0.05, 0) is 127 Å². The summed E-state index contributed by atoms with van der Waals surface area (Å²) in [6.45, 7) is 36.4. The summed E-state index contributed by atoms with van der Waals surface area (Å²) in [6, 6.07) is 2.45. The van der Waals surface area contributed by atoms with E-state index < -0.39 is 0 Å². The van der Waals surface area contributed by atoms with Crippen LogP contribution in [0.4, 0.5) is 0 Å². The summed E-state index contributed by atoms with van der Waals surface area (Å²) in [5, 5.41) is 0. The zero-order valence-corrected chi connectivity index (χ0v) is 30.5. The van der Waals surface area contributed by atoms with Gasteiger partial charge >= 0.3 is 0 Å². The number of aryl methyl sites for hydroxylation is 2. The third-order valence-electron chi connectivity index (χ3n) is 6.80. The molecular weight excluding hydrogens is 504 g/mol. The van der Waals surface area contributed by atoms with Crippen molar-refractivity contribution in [3.8, 4) is 11.8 Å². The van der Waals surface area contributed by atoms with Crippen LogP contribution in [0.3, 0.4) is 0 Å². The molecule has 0 amide bonds. The Morgan fingerprint density at radius 2 is 1.38 bits per heavy atom. The van der Waals surface area contributed by atoms with Crippen molar-refractivity contribution in [2.45, 2.75) is 154 Å². The van der Waals surface area contributed by atoms with Crippen molar-refractivity contribution in [2.75, 3.05) is 0 Å². The van der Waals surface area contributed by atoms with E-state index >= 15 is 0 Å². The Bertz CT molecular complexity index is 882. The van der Waals surface area contributed by atoms with Crippen molar-refractivity contribution in [3.63, 3.8) is 0 Å². The van der Waals surface area contributed by atoms with E-state index in [4.69, 9.17) is 0 Å². The van der Waals surface area contributed by atoms with Crippen LogP contribution in [0.1, 0.15) is 148 Å². The lowest BCUT2D eigenvalue weighted by Crippen LogP contribution is -2.04. The van der Waals surface area contributed by atoms with Crippen LogP contribution < -0.4 is 0 Å². The Kier molecular flexibility index (Phi) is 40.4. The lowest BCUT2D eigenvalue weighted by molar-refractivity contribution is 0.505. The Morgan fingerprint density at radius 3 is 1.79 bits per heavy atom. The molecule has 0 radical (unpaired) electrons. The summed E-state index contributed by atoms with van der Waals surface area (Å²) in [5.74, 6) is 6.15. The predicted octanol–water partition coefficient (Wildman–Crippen LogP) is 13.9. The van der Waals surface area contributed by atoms with Gasteiger partial charge in [-0.1, -0.05) is 122 Å². The molecular formula is C42H72. The first-order chi connectivity index (χ1) is 20.2. The molecule has 240 valence electrons. The number of hydrogen-bond donors (Lipinski definition) is 0. The van der Waals surface area contributed by atoms with Gasteiger partial charge in [-0.25, -0.2) is 0 Å². The molecule has 0 aliphatic rings. The lowest BCUT2D eigenvalue weighted by atomic mass is 9.87. The van der Waals surface area contributed by atoms with Crippen LogP contribution in [0.5, 0.6) is 0 Å². The van der Waals surface area contributed by atoms with E-state index in [1.54, 1.807) is 28.3 Å². The average molecular weight is 577 g/mol. The van der Waals surface area contributed by atoms with Gasteiger partial charge in [-0.2, -0.15) is 0 Å². The number of rotatable bonds is 15. The van der Waals surface area contributed by atoms with Crippen molar-refractivity contribution >= 4 is 0 Å². The van der Waals surface area contributed by atoms with Crippen LogP contribution in [0.25, 0.3) is 0 Å². The van der Waals surface area contributed by atoms with Gasteiger partial charge in [0.15, 0.2) is 0 Å². The zero-order valence-electron chi connectivity index (χ0n) is 30.5. The van der Waals surface area contributed by atoms with Gasteiger partial charge in [0.1, 0.15) is 0 Å². The van der Waals surface area contributed by atoms with Gasteiger partial charge < -0.3 is 0 Å². The molecule has 0 aliphatic heterocycles. The van der Waals surface area contributed by atoms with E-state index in [0.29, 0.717) is 0 Å². The summed E-state index contributed by atoms with van der Waals surface area (Å²) in [5.41, 5.74) is 9.19. The maximum atomic E-state index is 3.99. The second-order valence-corrected chi connectivity index (χ2v) is 10.4. The topological polar surface area (TPSA) is 0 Å². The first kappa shape index (κ1) is 46.4. The van der Waals surface area contributed by atoms with E-state index in [9.17, 15) is 0 Å². The van der Waals surface area contributed by atoms with Crippen molar-refractivity contribution in [1.29, 1.82) is 0 Å². The van der Waals surface area contributed by atoms with Crippen LogP contribution in [0.2, 0.25) is 0 Å². The van der Waals surface area contributed by atoms with E-state index in [0.717, 1.165) is 18.8 Å². The highest BCUT2D eigenvalue weighted by Gasteiger charge is 2.11. The molecule has 0 heterocycles. The van der Waals surface area contributed by atoms with Gasteiger partial charge in [-0.3, -0.25) is 0 Å². The third-order valence-corrected chi connectivity index (χ3v) is 6.80. The molecule has 42 heavy (non-hydrogen) atoms. The normalized spacial score (nSPS) is 9.64. The minimum atomic E-state index is 0.787. The summed E-state index contributed by atoms with van der Waals surface area (Å²) >= 11 is 0. The largest absolute Gasteiger partial charge is 0.107 e. The van der Waals surface area contributed by atoms with Gasteiger partial charge in [0.25, 0.3) is 0 Å². The fourth-order valence-electron chi connectivity index (χ4n) is 4.68. The molecule has 0 nitrogen and oxygen atoms in total. The van der Waals surface area contributed by atoms with Gasteiger partial charge in [-0.15, -0.1) is 18.4 Å². The Morgan fingerprint density at radius 1 is 0.833 bits per heavy atom. The Hall–Kier alpha value is -2.52. The maximum Gasteiger partial charge on any atom is -0.00271 e. The minimum absolute atomic E-state index is 0.787. The smallest absolute Gasteiger partial charge is 0.00271 e. The van der Waals surface area contributed by atoms with Crippen LogP contribution in [-0.4, -0.2) is 0 Å². The molecule has 0 saturated carbocycles. The molecule has 0 bridgehead atoms. The number of hydrogen-bond acceptors (Lipinski definition) is 0. The van der Waals surface area contributed by atoms with E-state index in [1.165, 1.54) is 68.9 Å². The van der Waals surface area contributed by atoms with E-state index in [2.05, 4.69) is 98.3 Å². The van der Waals surface area contributed by atoms with Gasteiger partial charge in [0.05, 0.1) is 0 Å². The van der Waals surface area contributed by atoms with Crippen LogP contribution in [0.15, 0.2) is 67.8 Å². The standard InChI is InChI=1S/C23H34.C10H20.C4H6.C3H6.C2H6/c1-6-9-10-11-12-13-14-15-17-21-18-19(4)23(16-7-2)22(8-3)20(21)5;1-5-7-10(8-6-2)9(3)4;1-3-4-2;1-3-2;1-2/h6,9-12,18H,1,7-8,13-17H2,2-5H3;10H,3,5-8H2,1-2,4H3;1-2H3;3H,1H2,2H3;1-2H3/b10-9-,12-11-;;;;. The summed E-state index contributed by atoms with van der Waals surface area (Å²) in [6.07, 6.45) is 25.7. The van der Waals surface area contributed by atoms with Gasteiger partial charge in [0, 0.05) is 0 Å². The molecule has 0 saturated heterocycles. The van der Waals surface area contributed by atoms with Crippen molar-refractivity contribution in [1.82, 2.24) is 0 Å². The lowest BCUT2D eigenvalue weighted by Gasteiger charge is -2.18. The monoisotopic (exact) mass is 577 g/mol. The second-order valence-electron chi connectivity index (χ2n) is 10.4. The zero-order chi connectivity index (χ0) is 33.2. The molecule has 0 atom stereocenters. The number of unbranched alkanes of at least 4 members (excludes halogenated alkanes) is 2. The fraction of sp³-hybridized carbons (Fsp3) is 0.571. The maximum absolute atomic E-state index is 3.99. The minimum Gasteiger partial charge on any atom is -0.107 e. The SMILES string of the molecule is C=C(C)C(CCC)CCC.C=C/C=C\C=C/CCCCc1cc(C)c(CCC)c(CC)c1C.C=CC.CC.CC#CC. The summed E-state index contributed by atoms with van der Waals surface area (Å²) in [7, 11) is 0. The fourth-order valence-corrected chi connectivity index (χ4v) is 4.68. The molecule has 0 aliphatic carbocycles. The van der Waals surface area contributed by atoms with Crippen molar-refractivity contribution in [3.05, 3.63) is 95.6 Å². The Labute approximate surface area is 266 Å². The second kappa shape index (κ2) is 36.5. The number of allylic oxidation sites excluding steroid dienone is 7. The molecule has 1 aromatic carbocycles. The molecule has 1 rings (SSSR count). The first-order valence-electron chi connectivity index (χ1n) is 16.8. The van der Waals surface area contributed by atoms with Crippen LogP contribution >= 0.6 is 0 Å². The quantitative estimate of drug-likeness (QED) is 0.0843. The first-order valence-corrected chi connectivity index (χ1v) is 16.8. The Balaban J connectivity index is -0.000000313. The van der Waals surface area contributed by atoms with Gasteiger partial charge in [0.2, 0.25) is 0 Å². The van der Waals surface area contributed by atoms with Crippen molar-refractivity contribution < 1.29 is 0 Å². The van der Waals surface area contributed by atoms with Crippen molar-refractivity contribution in [2.24, 2.45) is 5.92 Å². The molecule has 0 heteroatoms. The van der Waals surface area contributed by atoms with Crippen LogP contribution in [0, 0.1) is 31.6 Å². The molecule has 0 fully saturated rings. The highest BCUT2D eigenvalue weighted by molar-refractivity contribution is 5.45.